The summed E-state index contributed by atoms with van der Waals surface area (Å²) in [7, 11) is 0. The van der Waals surface area contributed by atoms with Crippen molar-refractivity contribution in [3.8, 4) is 5.75 Å². The van der Waals surface area contributed by atoms with Crippen molar-refractivity contribution in [2.24, 2.45) is 0 Å². The van der Waals surface area contributed by atoms with Crippen molar-refractivity contribution in [1.29, 1.82) is 0 Å². The van der Waals surface area contributed by atoms with Crippen molar-refractivity contribution in [3.63, 3.8) is 0 Å². The average molecular weight is 505 g/mol. The molecule has 0 fully saturated rings. The molecule has 0 radical (unpaired) electrons. The third-order valence-electron chi connectivity index (χ3n) is 6.20. The smallest absolute Gasteiger partial charge is 0.320 e. The van der Waals surface area contributed by atoms with Crippen LogP contribution in [0.1, 0.15) is 71.4 Å². The van der Waals surface area contributed by atoms with Gasteiger partial charge in [-0.15, -0.1) is 10.2 Å². The summed E-state index contributed by atoms with van der Waals surface area (Å²) in [6.07, 6.45) is 11.9. The molecule has 2 N–H and O–H groups in total. The Hall–Kier alpha value is -3.88. The van der Waals surface area contributed by atoms with Crippen LogP contribution in [-0.4, -0.2) is 37.9 Å². The zero-order valence-corrected chi connectivity index (χ0v) is 22.2. The molecule has 0 saturated carbocycles. The summed E-state index contributed by atoms with van der Waals surface area (Å²) in [5.74, 6) is 2.96. The molecule has 1 aliphatic carbocycles. The predicted octanol–water partition coefficient (Wildman–Crippen LogP) is 5.93. The van der Waals surface area contributed by atoms with Crippen molar-refractivity contribution >= 4 is 17.5 Å². The molecule has 3 aromatic rings. The van der Waals surface area contributed by atoms with Gasteiger partial charge >= 0.3 is 6.03 Å². The second-order valence-corrected chi connectivity index (χ2v) is 10.7. The Morgan fingerprint density at radius 2 is 2.03 bits per heavy atom. The van der Waals surface area contributed by atoms with E-state index in [0.29, 0.717) is 18.0 Å². The number of allylic oxidation sites excluding steroid dienone is 2. The van der Waals surface area contributed by atoms with Gasteiger partial charge in [0.1, 0.15) is 23.4 Å². The van der Waals surface area contributed by atoms with Crippen LogP contribution >= 0.6 is 0 Å². The summed E-state index contributed by atoms with van der Waals surface area (Å²) in [6.45, 7) is 14.4. The fourth-order valence-corrected chi connectivity index (χ4v) is 4.07. The second kappa shape index (κ2) is 11.0. The molecule has 9 heteroatoms. The fraction of sp³-hybridized carbons (Fsp3) is 0.429. The van der Waals surface area contributed by atoms with E-state index in [2.05, 4.69) is 52.5 Å². The molecule has 9 nitrogen and oxygen atoms in total. The molecule has 0 aliphatic heterocycles. The van der Waals surface area contributed by atoms with Crippen LogP contribution in [0, 0.1) is 0 Å². The summed E-state index contributed by atoms with van der Waals surface area (Å²) in [6, 6.07) is 4.95. The Bertz CT molecular complexity index is 1310. The Kier molecular flexibility index (Phi) is 7.80. The quantitative estimate of drug-likeness (QED) is 0.446. The molecule has 0 spiro atoms. The number of fused-ring (bicyclic) bond motifs is 1. The number of rotatable bonds is 5. The van der Waals surface area contributed by atoms with Gasteiger partial charge in [-0.1, -0.05) is 70.7 Å². The predicted molar refractivity (Wildman–Crippen MR) is 144 cm³/mol. The Labute approximate surface area is 217 Å². The van der Waals surface area contributed by atoms with Crippen molar-refractivity contribution in [2.75, 3.05) is 5.32 Å². The molecule has 3 heterocycles. The number of ether oxygens (including phenoxy) is 1. The molecule has 2 atom stereocenters. The number of hydrogen-bond acceptors (Lipinski definition) is 6. The van der Waals surface area contributed by atoms with Gasteiger partial charge in [-0.2, -0.15) is 0 Å². The van der Waals surface area contributed by atoms with Crippen molar-refractivity contribution < 1.29 is 14.1 Å². The number of anilines is 1. The van der Waals surface area contributed by atoms with Crippen LogP contribution in [0.25, 0.3) is 5.65 Å². The van der Waals surface area contributed by atoms with Gasteiger partial charge in [0.2, 0.25) is 0 Å². The van der Waals surface area contributed by atoms with E-state index >= 15 is 0 Å². The zero-order chi connectivity index (χ0) is 26.6. The standard InChI is InChI=1S/C28H36N6O3/c1-18(2)26-32-31-25-15-13-21(17-34(25)26)36-20-11-9-7-8-10-19(3)22(14-12-20)29-27(35)30-24-16-23(37-33-24)28(4,5)6/h7-10,13,15-18,20,22H,3,11-12,14H2,1-2,4-6H3,(H2,29,30,33,35)/b9-7-,10-8-/t20-,22+/m1/s1. The van der Waals surface area contributed by atoms with E-state index in [1.807, 2.05) is 61.7 Å². The van der Waals surface area contributed by atoms with Crippen molar-refractivity contribution in [2.45, 2.75) is 77.4 Å². The van der Waals surface area contributed by atoms with Crippen LogP contribution in [0.5, 0.6) is 5.75 Å². The topological polar surface area (TPSA) is 107 Å². The average Bonchev–Trinajstić information content (AvgIpc) is 3.47. The number of pyridine rings is 1. The first kappa shape index (κ1) is 26.2. The second-order valence-electron chi connectivity index (χ2n) is 10.7. The number of amides is 2. The highest BCUT2D eigenvalue weighted by atomic mass is 16.5. The summed E-state index contributed by atoms with van der Waals surface area (Å²) >= 11 is 0. The molecule has 1 aliphatic rings. The minimum absolute atomic E-state index is 0.0794. The van der Waals surface area contributed by atoms with Gasteiger partial charge in [0.05, 0.1) is 12.2 Å². The van der Waals surface area contributed by atoms with Crippen molar-refractivity contribution in [1.82, 2.24) is 25.1 Å². The Morgan fingerprint density at radius 1 is 1.22 bits per heavy atom. The van der Waals surface area contributed by atoms with Gasteiger partial charge in [0.15, 0.2) is 11.5 Å². The fourth-order valence-electron chi connectivity index (χ4n) is 4.07. The van der Waals surface area contributed by atoms with E-state index in [-0.39, 0.29) is 29.5 Å². The van der Waals surface area contributed by atoms with Gasteiger partial charge in [-0.3, -0.25) is 9.72 Å². The van der Waals surface area contributed by atoms with E-state index in [4.69, 9.17) is 9.26 Å². The van der Waals surface area contributed by atoms with Crippen LogP contribution in [0.4, 0.5) is 10.6 Å². The molecule has 4 rings (SSSR count). The molecule has 0 bridgehead atoms. The minimum Gasteiger partial charge on any atom is -0.489 e. The van der Waals surface area contributed by atoms with Gasteiger partial charge in [-0.25, -0.2) is 4.79 Å². The van der Waals surface area contributed by atoms with Crippen LogP contribution in [0.2, 0.25) is 0 Å². The van der Waals surface area contributed by atoms with E-state index in [1.165, 1.54) is 0 Å². The lowest BCUT2D eigenvalue weighted by atomic mass is 9.93. The number of nitrogens with one attached hydrogen (secondary N) is 2. The summed E-state index contributed by atoms with van der Waals surface area (Å²) in [5, 5.41) is 18.3. The third kappa shape index (κ3) is 6.67. The highest BCUT2D eigenvalue weighted by Gasteiger charge is 2.22. The number of urea groups is 1. The SMILES string of the molecule is C=C1/C=C\C=C/C[C@@H](Oc2ccc3nnc(C(C)C)n3c2)CC[C@@H]1NC(=O)Nc1cc(C(C)(C)C)on1. The number of aromatic nitrogens is 4. The lowest BCUT2D eigenvalue weighted by Gasteiger charge is -2.24. The third-order valence-corrected chi connectivity index (χ3v) is 6.20. The number of carbonyl (C=O) groups is 1. The molecular formula is C28H36N6O3. The maximum absolute atomic E-state index is 12.8. The van der Waals surface area contributed by atoms with Crippen molar-refractivity contribution in [3.05, 3.63) is 72.4 Å². The highest BCUT2D eigenvalue weighted by Crippen LogP contribution is 2.25. The molecule has 0 aromatic carbocycles. The largest absolute Gasteiger partial charge is 0.489 e. The number of nitrogens with zero attached hydrogens (tertiary/aromatic N) is 4. The summed E-state index contributed by atoms with van der Waals surface area (Å²) in [4.78, 5) is 12.8. The monoisotopic (exact) mass is 504 g/mol. The zero-order valence-electron chi connectivity index (χ0n) is 22.2. The Morgan fingerprint density at radius 3 is 2.76 bits per heavy atom. The summed E-state index contributed by atoms with van der Waals surface area (Å²) in [5.41, 5.74) is 1.40. The van der Waals surface area contributed by atoms with Gasteiger partial charge in [0.25, 0.3) is 0 Å². The molecule has 0 saturated heterocycles. The van der Waals surface area contributed by atoms with Gasteiger partial charge in [-0.05, 0) is 30.5 Å². The lowest BCUT2D eigenvalue weighted by molar-refractivity contribution is 0.186. The maximum Gasteiger partial charge on any atom is 0.320 e. The van der Waals surface area contributed by atoms with Crippen LogP contribution in [0.15, 0.2) is 65.4 Å². The van der Waals surface area contributed by atoms with E-state index in [0.717, 1.165) is 35.6 Å². The molecule has 2 amide bonds. The minimum atomic E-state index is -0.363. The molecule has 3 aromatic heterocycles. The highest BCUT2D eigenvalue weighted by molar-refractivity contribution is 5.88. The molecular weight excluding hydrogens is 468 g/mol. The molecule has 37 heavy (non-hydrogen) atoms. The van der Waals surface area contributed by atoms with E-state index in [9.17, 15) is 4.79 Å². The van der Waals surface area contributed by atoms with E-state index < -0.39 is 0 Å². The van der Waals surface area contributed by atoms with Crippen LogP contribution < -0.4 is 15.4 Å². The summed E-state index contributed by atoms with van der Waals surface area (Å²) < 4.78 is 13.7. The normalized spacial score (nSPS) is 20.5. The first-order chi connectivity index (χ1) is 17.6. The lowest BCUT2D eigenvalue weighted by Crippen LogP contribution is -2.39. The Balaban J connectivity index is 1.43. The van der Waals surface area contributed by atoms with Gasteiger partial charge in [0, 0.05) is 23.8 Å². The number of carbonyl (C=O) groups excluding carboxylic acids is 1. The van der Waals surface area contributed by atoms with E-state index in [1.54, 1.807) is 6.07 Å². The molecule has 196 valence electrons. The molecule has 0 unspecified atom stereocenters. The maximum atomic E-state index is 12.8. The van der Waals surface area contributed by atoms with Gasteiger partial charge < -0.3 is 14.6 Å². The van der Waals surface area contributed by atoms with Crippen LogP contribution in [-0.2, 0) is 5.41 Å². The number of hydrogen-bond donors (Lipinski definition) is 2. The first-order valence-corrected chi connectivity index (χ1v) is 12.7. The first-order valence-electron chi connectivity index (χ1n) is 12.7. The van der Waals surface area contributed by atoms with Crippen LogP contribution in [0.3, 0.4) is 0 Å².